The number of amides is 1. The fourth-order valence-electron chi connectivity index (χ4n) is 1.23. The quantitative estimate of drug-likeness (QED) is 0.621. The number of hydrogen-bond donors (Lipinski definition) is 0. The summed E-state index contributed by atoms with van der Waals surface area (Å²) in [7, 11) is 0. The summed E-state index contributed by atoms with van der Waals surface area (Å²) in [5.74, 6) is 0.942. The van der Waals surface area contributed by atoms with Crippen molar-refractivity contribution in [3.63, 3.8) is 0 Å². The molecule has 0 fully saturated rings. The number of rotatable bonds is 5. The zero-order valence-electron chi connectivity index (χ0n) is 8.76. The molecule has 0 atom stereocenters. The Hall–Kier alpha value is -0.530. The molecule has 0 N–H and O–H groups in total. The molecule has 0 aromatic heterocycles. The number of nitrogens with zero attached hydrogens (tertiary/aromatic N) is 1. The molecule has 0 aromatic carbocycles. The van der Waals surface area contributed by atoms with Crippen LogP contribution in [0, 0.1) is 5.92 Å². The summed E-state index contributed by atoms with van der Waals surface area (Å²) in [5, 5.41) is 0. The first-order chi connectivity index (χ1) is 5.57. The molecular formula is C10H21NO. The highest BCUT2D eigenvalue weighted by molar-refractivity contribution is 5.73. The van der Waals surface area contributed by atoms with Crippen LogP contribution in [-0.2, 0) is 4.79 Å². The first-order valence-corrected chi connectivity index (χ1v) is 4.83. The van der Waals surface area contributed by atoms with Crippen LogP contribution < -0.4 is 0 Å². The van der Waals surface area contributed by atoms with Gasteiger partial charge in [0.25, 0.3) is 0 Å². The molecule has 0 rings (SSSR count). The van der Waals surface area contributed by atoms with E-state index in [1.165, 1.54) is 6.42 Å². The Morgan fingerprint density at radius 3 is 2.33 bits per heavy atom. The molecule has 0 bridgehead atoms. The van der Waals surface area contributed by atoms with Gasteiger partial charge in [-0.3, -0.25) is 4.79 Å². The van der Waals surface area contributed by atoms with Crippen molar-refractivity contribution in [2.75, 3.05) is 13.1 Å². The van der Waals surface area contributed by atoms with Gasteiger partial charge in [0.05, 0.1) is 0 Å². The van der Waals surface area contributed by atoms with E-state index in [9.17, 15) is 4.79 Å². The van der Waals surface area contributed by atoms with Crippen LogP contribution >= 0.6 is 0 Å². The van der Waals surface area contributed by atoms with Crippen LogP contribution in [0.3, 0.4) is 0 Å². The minimum atomic E-state index is 0.196. The van der Waals surface area contributed by atoms with Crippen LogP contribution in [0.4, 0.5) is 0 Å². The summed E-state index contributed by atoms with van der Waals surface area (Å²) >= 11 is 0. The van der Waals surface area contributed by atoms with E-state index in [0.29, 0.717) is 0 Å². The first kappa shape index (κ1) is 11.5. The van der Waals surface area contributed by atoms with E-state index < -0.39 is 0 Å². The van der Waals surface area contributed by atoms with E-state index in [4.69, 9.17) is 0 Å². The normalized spacial score (nSPS) is 10.4. The Bertz CT molecular complexity index is 132. The van der Waals surface area contributed by atoms with Crippen LogP contribution in [0.25, 0.3) is 0 Å². The second-order valence-electron chi connectivity index (χ2n) is 3.63. The fraction of sp³-hybridized carbons (Fsp3) is 0.900. The molecule has 0 radical (unpaired) electrons. The molecule has 0 heterocycles. The van der Waals surface area contributed by atoms with Gasteiger partial charge in [0.1, 0.15) is 0 Å². The third kappa shape index (κ3) is 5.16. The molecule has 12 heavy (non-hydrogen) atoms. The smallest absolute Gasteiger partial charge is 0.219 e. The van der Waals surface area contributed by atoms with Crippen molar-refractivity contribution in [1.29, 1.82) is 0 Å². The van der Waals surface area contributed by atoms with E-state index in [0.717, 1.165) is 25.4 Å². The summed E-state index contributed by atoms with van der Waals surface area (Å²) < 4.78 is 0. The topological polar surface area (TPSA) is 20.3 Å². The Morgan fingerprint density at radius 1 is 1.42 bits per heavy atom. The zero-order chi connectivity index (χ0) is 9.56. The van der Waals surface area contributed by atoms with Gasteiger partial charge in [-0.1, -0.05) is 13.8 Å². The lowest BCUT2D eigenvalue weighted by molar-refractivity contribution is -0.128. The van der Waals surface area contributed by atoms with Crippen LogP contribution in [0.1, 0.15) is 40.5 Å². The predicted octanol–water partition coefficient (Wildman–Crippen LogP) is 2.29. The minimum absolute atomic E-state index is 0.196. The third-order valence-corrected chi connectivity index (χ3v) is 2.04. The molecule has 0 unspecified atom stereocenters. The van der Waals surface area contributed by atoms with E-state index in [2.05, 4.69) is 13.8 Å². The summed E-state index contributed by atoms with van der Waals surface area (Å²) in [6, 6.07) is 0. The highest BCUT2D eigenvalue weighted by Crippen LogP contribution is 2.04. The minimum Gasteiger partial charge on any atom is -0.343 e. The summed E-state index contributed by atoms with van der Waals surface area (Å²) in [6.45, 7) is 9.85. The van der Waals surface area contributed by atoms with Gasteiger partial charge in [0.2, 0.25) is 5.91 Å². The van der Waals surface area contributed by atoms with E-state index >= 15 is 0 Å². The predicted molar refractivity (Wildman–Crippen MR) is 52.0 cm³/mol. The maximum Gasteiger partial charge on any atom is 0.219 e. The zero-order valence-corrected chi connectivity index (χ0v) is 8.76. The van der Waals surface area contributed by atoms with Crippen molar-refractivity contribution in [2.24, 2.45) is 5.92 Å². The highest BCUT2D eigenvalue weighted by Gasteiger charge is 2.04. The molecule has 2 heteroatoms. The average molecular weight is 171 g/mol. The molecule has 0 saturated carbocycles. The summed E-state index contributed by atoms with van der Waals surface area (Å²) in [6.07, 6.45) is 2.34. The first-order valence-electron chi connectivity index (χ1n) is 4.83. The van der Waals surface area contributed by atoms with Crippen LogP contribution in [0.2, 0.25) is 0 Å². The molecule has 0 aromatic rings. The van der Waals surface area contributed by atoms with E-state index in [-0.39, 0.29) is 5.91 Å². The molecule has 0 aliphatic carbocycles. The van der Waals surface area contributed by atoms with Crippen molar-refractivity contribution < 1.29 is 4.79 Å². The molecule has 0 aliphatic rings. The van der Waals surface area contributed by atoms with E-state index in [1.54, 1.807) is 6.92 Å². The SMILES string of the molecule is CCN(CCCC(C)C)C(C)=O. The highest BCUT2D eigenvalue weighted by atomic mass is 16.2. The Balaban J connectivity index is 3.52. The van der Waals surface area contributed by atoms with Gasteiger partial charge in [-0.15, -0.1) is 0 Å². The molecule has 0 aliphatic heterocycles. The Kier molecular flexibility index (Phi) is 5.77. The van der Waals surface area contributed by atoms with Gasteiger partial charge in [-0.05, 0) is 25.7 Å². The fourth-order valence-corrected chi connectivity index (χ4v) is 1.23. The van der Waals surface area contributed by atoms with Gasteiger partial charge in [-0.2, -0.15) is 0 Å². The van der Waals surface area contributed by atoms with Crippen molar-refractivity contribution in [3.8, 4) is 0 Å². The van der Waals surface area contributed by atoms with Gasteiger partial charge in [-0.25, -0.2) is 0 Å². The van der Waals surface area contributed by atoms with Crippen molar-refractivity contribution in [3.05, 3.63) is 0 Å². The molecule has 72 valence electrons. The Morgan fingerprint density at radius 2 is 2.00 bits per heavy atom. The van der Waals surface area contributed by atoms with Crippen LogP contribution in [-0.4, -0.2) is 23.9 Å². The van der Waals surface area contributed by atoms with Gasteiger partial charge in [0.15, 0.2) is 0 Å². The number of carbonyl (C=O) groups is 1. The van der Waals surface area contributed by atoms with Crippen LogP contribution in [0.15, 0.2) is 0 Å². The van der Waals surface area contributed by atoms with Gasteiger partial charge in [0, 0.05) is 20.0 Å². The lowest BCUT2D eigenvalue weighted by Crippen LogP contribution is -2.29. The van der Waals surface area contributed by atoms with Crippen molar-refractivity contribution in [1.82, 2.24) is 4.90 Å². The largest absolute Gasteiger partial charge is 0.343 e. The number of carbonyl (C=O) groups excluding carboxylic acids is 1. The summed E-state index contributed by atoms with van der Waals surface area (Å²) in [5.41, 5.74) is 0. The van der Waals surface area contributed by atoms with Crippen molar-refractivity contribution >= 4 is 5.91 Å². The summed E-state index contributed by atoms with van der Waals surface area (Å²) in [4.78, 5) is 12.9. The maximum absolute atomic E-state index is 11.0. The van der Waals surface area contributed by atoms with Gasteiger partial charge < -0.3 is 4.90 Å². The molecule has 2 nitrogen and oxygen atoms in total. The van der Waals surface area contributed by atoms with E-state index in [1.807, 2.05) is 11.8 Å². The lowest BCUT2D eigenvalue weighted by atomic mass is 10.1. The lowest BCUT2D eigenvalue weighted by Gasteiger charge is -2.18. The number of hydrogen-bond acceptors (Lipinski definition) is 1. The average Bonchev–Trinajstić information content (AvgIpc) is 1.96. The monoisotopic (exact) mass is 171 g/mol. The molecule has 0 saturated heterocycles. The van der Waals surface area contributed by atoms with Crippen molar-refractivity contribution in [2.45, 2.75) is 40.5 Å². The third-order valence-electron chi connectivity index (χ3n) is 2.04. The van der Waals surface area contributed by atoms with Gasteiger partial charge >= 0.3 is 0 Å². The Labute approximate surface area is 75.9 Å². The molecule has 1 amide bonds. The standard InChI is InChI=1S/C10H21NO/c1-5-11(10(4)12)8-6-7-9(2)3/h9H,5-8H2,1-4H3. The second kappa shape index (κ2) is 6.04. The molecular weight excluding hydrogens is 150 g/mol. The maximum atomic E-state index is 11.0. The van der Waals surface area contributed by atoms with Crippen LogP contribution in [0.5, 0.6) is 0 Å². The second-order valence-corrected chi connectivity index (χ2v) is 3.63. The molecule has 0 spiro atoms.